The van der Waals surface area contributed by atoms with E-state index in [1.807, 2.05) is 0 Å². The first-order valence-corrected chi connectivity index (χ1v) is 8.74. The minimum absolute atomic E-state index is 0.0394. The normalized spacial score (nSPS) is 13.9. The van der Waals surface area contributed by atoms with Gasteiger partial charge < -0.3 is 5.32 Å². The van der Waals surface area contributed by atoms with E-state index in [-0.39, 0.29) is 5.69 Å². The van der Waals surface area contributed by atoms with Crippen molar-refractivity contribution in [2.45, 2.75) is 32.5 Å². The average Bonchev–Trinajstić information content (AvgIpc) is 2.42. The van der Waals surface area contributed by atoms with Crippen LogP contribution in [-0.2, 0) is 21.0 Å². The van der Waals surface area contributed by atoms with Gasteiger partial charge >= 0.3 is 6.18 Å². The number of rotatable bonds is 6. The number of nitrogens with zero attached hydrogens (tertiary/aromatic N) is 1. The van der Waals surface area contributed by atoms with Crippen LogP contribution >= 0.6 is 0 Å². The van der Waals surface area contributed by atoms with Crippen LogP contribution in [0.5, 0.6) is 0 Å². The first kappa shape index (κ1) is 19.4. The van der Waals surface area contributed by atoms with E-state index in [1.165, 1.54) is 12.1 Å². The van der Waals surface area contributed by atoms with Crippen molar-refractivity contribution in [1.29, 1.82) is 0 Å². The van der Waals surface area contributed by atoms with Crippen molar-refractivity contribution in [2.75, 3.05) is 18.1 Å². The fourth-order valence-electron chi connectivity index (χ4n) is 1.92. The van der Waals surface area contributed by atoms with Crippen LogP contribution in [0.25, 0.3) is 0 Å². The van der Waals surface area contributed by atoms with Crippen molar-refractivity contribution in [3.63, 3.8) is 0 Å². The zero-order valence-corrected chi connectivity index (χ0v) is 13.8. The third kappa shape index (κ3) is 5.83. The first-order chi connectivity index (χ1) is 10.4. The largest absolute Gasteiger partial charge is 0.416 e. The van der Waals surface area contributed by atoms with Crippen LogP contribution in [0, 0.1) is 0 Å². The lowest BCUT2D eigenvalue weighted by Crippen LogP contribution is -2.42. The Bertz CT molecular complexity index is 659. The number of alkyl halides is 3. The van der Waals surface area contributed by atoms with E-state index >= 15 is 0 Å². The first-order valence-electron chi connectivity index (χ1n) is 6.89. The van der Waals surface area contributed by atoms with Crippen molar-refractivity contribution >= 4 is 21.6 Å². The molecule has 1 unspecified atom stereocenters. The minimum Gasteiger partial charge on any atom is -0.325 e. The van der Waals surface area contributed by atoms with E-state index in [2.05, 4.69) is 5.32 Å². The number of carbonyl (C=O) groups excluding carboxylic acids is 1. The number of amides is 1. The third-order valence-electron chi connectivity index (χ3n) is 3.28. The molecule has 1 aromatic rings. The van der Waals surface area contributed by atoms with Crippen LogP contribution in [0.4, 0.5) is 18.9 Å². The summed E-state index contributed by atoms with van der Waals surface area (Å²) in [4.78, 5) is 12.0. The van der Waals surface area contributed by atoms with Gasteiger partial charge in [-0.3, -0.25) is 4.79 Å². The number of benzene rings is 1. The molecule has 130 valence electrons. The van der Waals surface area contributed by atoms with E-state index in [1.54, 1.807) is 13.8 Å². The van der Waals surface area contributed by atoms with Gasteiger partial charge in [-0.25, -0.2) is 8.42 Å². The number of nitrogens with one attached hydrogen (secondary N) is 1. The topological polar surface area (TPSA) is 66.5 Å². The lowest BCUT2D eigenvalue weighted by Gasteiger charge is -2.25. The van der Waals surface area contributed by atoms with E-state index < -0.39 is 40.3 Å². The Labute approximate surface area is 133 Å². The van der Waals surface area contributed by atoms with Crippen molar-refractivity contribution in [3.05, 3.63) is 29.8 Å². The summed E-state index contributed by atoms with van der Waals surface area (Å²) in [5.41, 5.74) is -0.931. The smallest absolute Gasteiger partial charge is 0.325 e. The predicted molar refractivity (Wildman–Crippen MR) is 81.4 cm³/mol. The van der Waals surface area contributed by atoms with Crippen LogP contribution in [0.3, 0.4) is 0 Å². The molecule has 9 heteroatoms. The maximum Gasteiger partial charge on any atom is 0.416 e. The molecule has 0 aliphatic heterocycles. The number of halogens is 3. The van der Waals surface area contributed by atoms with E-state index in [9.17, 15) is 26.4 Å². The highest BCUT2D eigenvalue weighted by Gasteiger charge is 2.30. The van der Waals surface area contributed by atoms with Gasteiger partial charge in [0.15, 0.2) is 0 Å². The Kier molecular flexibility index (Phi) is 6.18. The van der Waals surface area contributed by atoms with Gasteiger partial charge in [-0.05, 0) is 31.5 Å². The molecule has 0 bridgehead atoms. The third-order valence-corrected chi connectivity index (χ3v) is 4.62. The van der Waals surface area contributed by atoms with E-state index in [0.29, 0.717) is 6.42 Å². The molecule has 0 aromatic heterocycles. The Morgan fingerprint density at radius 3 is 2.43 bits per heavy atom. The summed E-state index contributed by atoms with van der Waals surface area (Å²) >= 11 is 0. The number of sulfonamides is 1. The van der Waals surface area contributed by atoms with Crippen LogP contribution in [0.15, 0.2) is 24.3 Å². The number of hydrogen-bond acceptors (Lipinski definition) is 3. The monoisotopic (exact) mass is 352 g/mol. The number of carbonyl (C=O) groups is 1. The quantitative estimate of drug-likeness (QED) is 0.856. The Morgan fingerprint density at radius 2 is 1.96 bits per heavy atom. The van der Waals surface area contributed by atoms with Gasteiger partial charge in [0.1, 0.15) is 0 Å². The predicted octanol–water partition coefficient (Wildman–Crippen LogP) is 2.70. The highest BCUT2D eigenvalue weighted by atomic mass is 32.2. The minimum atomic E-state index is -4.52. The molecule has 0 radical (unpaired) electrons. The lowest BCUT2D eigenvalue weighted by molar-refractivity contribution is -0.137. The van der Waals surface area contributed by atoms with Crippen LogP contribution < -0.4 is 5.32 Å². The molecule has 1 amide bonds. The van der Waals surface area contributed by atoms with Crippen LogP contribution in [-0.4, -0.2) is 37.5 Å². The molecule has 1 N–H and O–H groups in total. The molecule has 0 spiro atoms. The summed E-state index contributed by atoms with van der Waals surface area (Å²) < 4.78 is 62.3. The molecule has 0 aliphatic carbocycles. The van der Waals surface area contributed by atoms with Gasteiger partial charge in [-0.2, -0.15) is 17.5 Å². The summed E-state index contributed by atoms with van der Waals surface area (Å²) in [5.74, 6) is -0.699. The fourth-order valence-corrected chi connectivity index (χ4v) is 3.07. The second-order valence-corrected chi connectivity index (χ2v) is 7.13. The standard InChI is InChI=1S/C14H19F3N2O3S/c1-4-10(2)19(23(3,21)22)9-13(20)18-12-7-5-6-11(8-12)14(15,16)17/h5-8,10H,4,9H2,1-3H3,(H,18,20). The molecular weight excluding hydrogens is 333 g/mol. The molecule has 1 aromatic carbocycles. The van der Waals surface area contributed by atoms with Gasteiger partial charge in [0, 0.05) is 11.7 Å². The number of anilines is 1. The summed E-state index contributed by atoms with van der Waals surface area (Å²) in [5, 5.41) is 2.29. The van der Waals surface area contributed by atoms with Crippen molar-refractivity contribution in [2.24, 2.45) is 0 Å². The summed E-state index contributed by atoms with van der Waals surface area (Å²) in [6.45, 7) is 2.97. The molecule has 1 atom stereocenters. The molecule has 23 heavy (non-hydrogen) atoms. The SMILES string of the molecule is CCC(C)N(CC(=O)Nc1cccc(C(F)(F)F)c1)S(C)(=O)=O. The molecular formula is C14H19F3N2O3S. The zero-order valence-electron chi connectivity index (χ0n) is 13.0. The number of hydrogen-bond donors (Lipinski definition) is 1. The Balaban J connectivity index is 2.87. The summed E-state index contributed by atoms with van der Waals surface area (Å²) in [6, 6.07) is 3.77. The van der Waals surface area contributed by atoms with Gasteiger partial charge in [-0.15, -0.1) is 0 Å². The van der Waals surface area contributed by atoms with Crippen molar-refractivity contribution in [1.82, 2.24) is 4.31 Å². The van der Waals surface area contributed by atoms with Crippen LogP contribution in [0.2, 0.25) is 0 Å². The molecule has 1 rings (SSSR count). The molecule has 5 nitrogen and oxygen atoms in total. The van der Waals surface area contributed by atoms with Crippen molar-refractivity contribution in [3.8, 4) is 0 Å². The Hall–Kier alpha value is -1.61. The van der Waals surface area contributed by atoms with Gasteiger partial charge in [0.2, 0.25) is 15.9 Å². The van der Waals surface area contributed by atoms with E-state index in [4.69, 9.17) is 0 Å². The van der Waals surface area contributed by atoms with Gasteiger partial charge in [0.25, 0.3) is 0 Å². The van der Waals surface area contributed by atoms with Crippen LogP contribution in [0.1, 0.15) is 25.8 Å². The van der Waals surface area contributed by atoms with E-state index in [0.717, 1.165) is 22.7 Å². The molecule has 0 aliphatic rings. The average molecular weight is 352 g/mol. The second-order valence-electron chi connectivity index (χ2n) is 5.19. The van der Waals surface area contributed by atoms with Gasteiger partial charge in [0.05, 0.1) is 18.4 Å². The summed E-state index contributed by atoms with van der Waals surface area (Å²) in [7, 11) is -3.60. The Morgan fingerprint density at radius 1 is 1.35 bits per heavy atom. The highest BCUT2D eigenvalue weighted by Crippen LogP contribution is 2.30. The van der Waals surface area contributed by atoms with Crippen molar-refractivity contribution < 1.29 is 26.4 Å². The molecule has 0 saturated heterocycles. The molecule has 0 saturated carbocycles. The van der Waals surface area contributed by atoms with Gasteiger partial charge in [-0.1, -0.05) is 13.0 Å². The summed E-state index contributed by atoms with van der Waals surface area (Å²) in [6.07, 6.45) is -3.03. The highest BCUT2D eigenvalue weighted by molar-refractivity contribution is 7.88. The fraction of sp³-hybridized carbons (Fsp3) is 0.500. The zero-order chi connectivity index (χ0) is 17.8. The lowest BCUT2D eigenvalue weighted by atomic mass is 10.2. The molecule has 0 fully saturated rings. The maximum atomic E-state index is 12.6. The maximum absolute atomic E-state index is 12.6. The molecule has 0 heterocycles. The second kappa shape index (κ2) is 7.31.